The minimum absolute atomic E-state index is 0.113. The molecule has 0 radical (unpaired) electrons. The van der Waals surface area contributed by atoms with Gasteiger partial charge in [-0.05, 0) is 0 Å². The number of nitrogens with two attached hydrogens (primary N) is 4. The zero-order valence-electron chi connectivity index (χ0n) is 9.56. The summed E-state index contributed by atoms with van der Waals surface area (Å²) in [5.41, 5.74) is 22.2. The molecular formula is C10H14N8. The van der Waals surface area contributed by atoms with Gasteiger partial charge >= 0.3 is 0 Å². The van der Waals surface area contributed by atoms with Gasteiger partial charge in [-0.15, -0.1) is 10.2 Å². The fraction of sp³-hybridized carbons (Fsp3) is 0. The molecule has 1 aromatic rings. The van der Waals surface area contributed by atoms with Crippen LogP contribution in [0.5, 0.6) is 0 Å². The van der Waals surface area contributed by atoms with Crippen molar-refractivity contribution in [3.05, 3.63) is 35.4 Å². The zero-order valence-corrected chi connectivity index (χ0v) is 9.56. The molecule has 0 aliphatic rings. The van der Waals surface area contributed by atoms with Crippen LogP contribution in [0.4, 0.5) is 0 Å². The van der Waals surface area contributed by atoms with Crippen molar-refractivity contribution in [1.29, 1.82) is 0 Å². The standard InChI is InChI=1S/C10H14N8/c11-9(12)17-15-5-7-3-1-2-4-8(7)6-16-18-10(13)14/h1-6H,(H4,11,12,17)(H4,13,14,18)/b15-5-,16-6+. The molecule has 0 saturated carbocycles. The summed E-state index contributed by atoms with van der Waals surface area (Å²) in [4.78, 5) is 0. The van der Waals surface area contributed by atoms with Gasteiger partial charge < -0.3 is 22.9 Å². The van der Waals surface area contributed by atoms with Gasteiger partial charge in [0, 0.05) is 11.1 Å². The Balaban J connectivity index is 2.93. The third-order valence-electron chi connectivity index (χ3n) is 1.74. The van der Waals surface area contributed by atoms with Crippen molar-refractivity contribution in [2.45, 2.75) is 0 Å². The van der Waals surface area contributed by atoms with Gasteiger partial charge in [-0.3, -0.25) is 0 Å². The van der Waals surface area contributed by atoms with Gasteiger partial charge in [-0.2, -0.15) is 10.2 Å². The van der Waals surface area contributed by atoms with E-state index in [0.717, 1.165) is 11.1 Å². The Kier molecular flexibility index (Phi) is 4.85. The Morgan fingerprint density at radius 2 is 1.17 bits per heavy atom. The molecule has 8 nitrogen and oxygen atoms in total. The molecular weight excluding hydrogens is 232 g/mol. The molecule has 0 bridgehead atoms. The van der Waals surface area contributed by atoms with E-state index in [0.29, 0.717) is 0 Å². The van der Waals surface area contributed by atoms with E-state index in [1.807, 2.05) is 24.3 Å². The number of nitrogens with zero attached hydrogens (tertiary/aromatic N) is 4. The van der Waals surface area contributed by atoms with Crippen LogP contribution in [0, 0.1) is 0 Å². The zero-order chi connectivity index (χ0) is 13.4. The maximum atomic E-state index is 5.15. The Morgan fingerprint density at radius 1 is 0.778 bits per heavy atom. The van der Waals surface area contributed by atoms with Crippen LogP contribution in [0.25, 0.3) is 0 Å². The Hall–Kier alpha value is -2.90. The molecule has 0 fully saturated rings. The Morgan fingerprint density at radius 3 is 1.50 bits per heavy atom. The highest BCUT2D eigenvalue weighted by molar-refractivity contribution is 5.94. The van der Waals surface area contributed by atoms with Crippen LogP contribution < -0.4 is 22.9 Å². The number of guanidine groups is 2. The summed E-state index contributed by atoms with van der Waals surface area (Å²) in [7, 11) is 0. The maximum absolute atomic E-state index is 5.15. The predicted molar refractivity (Wildman–Crippen MR) is 73.2 cm³/mol. The molecule has 8 N–H and O–H groups in total. The summed E-state index contributed by atoms with van der Waals surface area (Å²) in [6, 6.07) is 7.33. The monoisotopic (exact) mass is 246 g/mol. The molecule has 0 amide bonds. The van der Waals surface area contributed by atoms with E-state index in [1.165, 1.54) is 12.4 Å². The second kappa shape index (κ2) is 6.63. The van der Waals surface area contributed by atoms with Crippen molar-refractivity contribution in [2.24, 2.45) is 43.3 Å². The number of hydrogen-bond acceptors (Lipinski definition) is 4. The highest BCUT2D eigenvalue weighted by Crippen LogP contribution is 2.03. The molecule has 0 heterocycles. The molecule has 0 aliphatic carbocycles. The van der Waals surface area contributed by atoms with Crippen LogP contribution in [0.2, 0.25) is 0 Å². The molecule has 0 aliphatic heterocycles. The lowest BCUT2D eigenvalue weighted by atomic mass is 10.1. The lowest BCUT2D eigenvalue weighted by molar-refractivity contribution is 1.21. The summed E-state index contributed by atoms with van der Waals surface area (Å²) < 4.78 is 0. The average molecular weight is 246 g/mol. The van der Waals surface area contributed by atoms with Crippen LogP contribution in [-0.4, -0.2) is 24.3 Å². The van der Waals surface area contributed by atoms with Crippen molar-refractivity contribution in [1.82, 2.24) is 0 Å². The van der Waals surface area contributed by atoms with Gasteiger partial charge in [0.15, 0.2) is 0 Å². The largest absolute Gasteiger partial charge is 0.369 e. The van der Waals surface area contributed by atoms with Gasteiger partial charge in [0.05, 0.1) is 12.4 Å². The molecule has 1 rings (SSSR count). The lowest BCUT2D eigenvalue weighted by Gasteiger charge is -1.97. The van der Waals surface area contributed by atoms with E-state index in [9.17, 15) is 0 Å². The van der Waals surface area contributed by atoms with Gasteiger partial charge in [-0.1, -0.05) is 24.3 Å². The normalized spacial score (nSPS) is 10.7. The smallest absolute Gasteiger partial charge is 0.211 e. The quantitative estimate of drug-likeness (QED) is 0.302. The van der Waals surface area contributed by atoms with Crippen molar-refractivity contribution < 1.29 is 0 Å². The lowest BCUT2D eigenvalue weighted by Crippen LogP contribution is -2.21. The van der Waals surface area contributed by atoms with E-state index >= 15 is 0 Å². The third kappa shape index (κ3) is 4.75. The van der Waals surface area contributed by atoms with Crippen LogP contribution in [0.3, 0.4) is 0 Å². The molecule has 0 unspecified atom stereocenters. The molecule has 0 spiro atoms. The van der Waals surface area contributed by atoms with E-state index < -0.39 is 0 Å². The first-order valence-electron chi connectivity index (χ1n) is 4.92. The van der Waals surface area contributed by atoms with Gasteiger partial charge in [0.2, 0.25) is 11.9 Å². The topological polar surface area (TPSA) is 154 Å². The molecule has 1 aromatic carbocycles. The van der Waals surface area contributed by atoms with Crippen molar-refractivity contribution in [2.75, 3.05) is 0 Å². The minimum Gasteiger partial charge on any atom is -0.369 e. The second-order valence-corrected chi connectivity index (χ2v) is 3.17. The molecule has 0 saturated heterocycles. The van der Waals surface area contributed by atoms with Gasteiger partial charge in [0.25, 0.3) is 0 Å². The summed E-state index contributed by atoms with van der Waals surface area (Å²) >= 11 is 0. The first kappa shape index (κ1) is 13.2. The SMILES string of the molecule is NC(N)=N/N=C\c1ccccc1/C=N/N=C(N)N. The Bertz CT molecular complexity index is 459. The summed E-state index contributed by atoms with van der Waals surface area (Å²) in [6.45, 7) is 0. The van der Waals surface area contributed by atoms with E-state index in [2.05, 4.69) is 20.4 Å². The summed E-state index contributed by atoms with van der Waals surface area (Å²) in [6.07, 6.45) is 2.99. The Labute approximate surface area is 104 Å². The molecule has 94 valence electrons. The van der Waals surface area contributed by atoms with Gasteiger partial charge in [-0.25, -0.2) is 0 Å². The van der Waals surface area contributed by atoms with E-state index in [4.69, 9.17) is 22.9 Å². The number of hydrogen-bond donors (Lipinski definition) is 4. The van der Waals surface area contributed by atoms with Crippen LogP contribution >= 0.6 is 0 Å². The first-order chi connectivity index (χ1) is 8.59. The first-order valence-corrected chi connectivity index (χ1v) is 4.92. The minimum atomic E-state index is -0.113. The molecule has 18 heavy (non-hydrogen) atoms. The van der Waals surface area contributed by atoms with E-state index in [1.54, 1.807) is 0 Å². The summed E-state index contributed by atoms with van der Waals surface area (Å²) in [5, 5.41) is 14.4. The highest BCUT2D eigenvalue weighted by Gasteiger charge is 1.95. The third-order valence-corrected chi connectivity index (χ3v) is 1.74. The molecule has 8 heteroatoms. The number of rotatable bonds is 4. The second-order valence-electron chi connectivity index (χ2n) is 3.17. The maximum Gasteiger partial charge on any atom is 0.211 e. The summed E-state index contributed by atoms with van der Waals surface area (Å²) in [5.74, 6) is -0.226. The molecule has 0 aromatic heterocycles. The fourth-order valence-electron chi connectivity index (χ4n) is 1.06. The van der Waals surface area contributed by atoms with E-state index in [-0.39, 0.29) is 11.9 Å². The van der Waals surface area contributed by atoms with Crippen LogP contribution in [0.1, 0.15) is 11.1 Å². The van der Waals surface area contributed by atoms with Crippen molar-refractivity contribution >= 4 is 24.3 Å². The average Bonchev–Trinajstić information content (AvgIpc) is 2.30. The van der Waals surface area contributed by atoms with Crippen molar-refractivity contribution in [3.63, 3.8) is 0 Å². The van der Waals surface area contributed by atoms with Crippen LogP contribution in [-0.2, 0) is 0 Å². The fourth-order valence-corrected chi connectivity index (χ4v) is 1.06. The highest BCUT2D eigenvalue weighted by atomic mass is 15.3. The predicted octanol–water partition coefficient (Wildman–Crippen LogP) is -1.10. The van der Waals surface area contributed by atoms with Gasteiger partial charge in [0.1, 0.15) is 0 Å². The number of benzene rings is 1. The van der Waals surface area contributed by atoms with Crippen molar-refractivity contribution in [3.8, 4) is 0 Å². The molecule has 0 atom stereocenters. The van der Waals surface area contributed by atoms with Crippen LogP contribution in [0.15, 0.2) is 44.7 Å².